The fraction of sp³-hybridized carbons (Fsp3) is 0.588. The molecule has 2 unspecified atom stereocenters. The van der Waals surface area contributed by atoms with Gasteiger partial charge in [0, 0.05) is 19.0 Å². The molecule has 0 fully saturated rings. The van der Waals surface area contributed by atoms with Crippen molar-refractivity contribution in [3.63, 3.8) is 0 Å². The van der Waals surface area contributed by atoms with Crippen LogP contribution in [0.15, 0.2) is 24.3 Å². The first kappa shape index (κ1) is 15.0. The van der Waals surface area contributed by atoms with Crippen LogP contribution in [0.3, 0.4) is 0 Å². The summed E-state index contributed by atoms with van der Waals surface area (Å²) in [6.45, 7) is 6.35. The van der Waals surface area contributed by atoms with E-state index in [0.717, 1.165) is 32.4 Å². The van der Waals surface area contributed by atoms with Crippen LogP contribution in [0.1, 0.15) is 31.4 Å². The number of carbonyl (C=O) groups is 1. The maximum absolute atomic E-state index is 12.7. The van der Waals surface area contributed by atoms with Crippen LogP contribution in [0, 0.1) is 11.8 Å². The first-order valence-electron chi connectivity index (χ1n) is 7.71. The van der Waals surface area contributed by atoms with Crippen LogP contribution in [0.25, 0.3) is 0 Å². The fourth-order valence-electron chi connectivity index (χ4n) is 2.99. The lowest BCUT2D eigenvalue weighted by molar-refractivity contribution is -0.136. The molecule has 1 aromatic carbocycles. The van der Waals surface area contributed by atoms with Crippen molar-refractivity contribution in [2.24, 2.45) is 17.6 Å². The van der Waals surface area contributed by atoms with Crippen molar-refractivity contribution >= 4 is 5.91 Å². The van der Waals surface area contributed by atoms with Gasteiger partial charge in [-0.05, 0) is 49.8 Å². The largest absolute Gasteiger partial charge is 0.342 e. The normalized spacial score (nSPS) is 19.2. The van der Waals surface area contributed by atoms with Crippen LogP contribution < -0.4 is 5.73 Å². The average molecular weight is 274 g/mol. The number of carbonyl (C=O) groups excluding carboxylic acids is 1. The lowest BCUT2D eigenvalue weighted by Crippen LogP contribution is -2.41. The Morgan fingerprint density at radius 2 is 2.10 bits per heavy atom. The molecule has 0 aliphatic heterocycles. The van der Waals surface area contributed by atoms with Crippen LogP contribution in [0.5, 0.6) is 0 Å². The number of aryl methyl sites for hydroxylation is 1. The first-order valence-corrected chi connectivity index (χ1v) is 7.71. The van der Waals surface area contributed by atoms with E-state index in [0.29, 0.717) is 18.4 Å². The van der Waals surface area contributed by atoms with Gasteiger partial charge in [0.1, 0.15) is 0 Å². The maximum Gasteiger partial charge on any atom is 0.226 e. The quantitative estimate of drug-likeness (QED) is 0.895. The van der Waals surface area contributed by atoms with Gasteiger partial charge < -0.3 is 10.6 Å². The standard InChI is InChI=1S/C17H26N2O/c1-3-19(12-13(2)11-18)17(20)16-9-8-14-6-4-5-7-15(14)10-16/h4-7,13,16H,3,8-12,18H2,1-2H3. The second-order valence-electron chi connectivity index (χ2n) is 5.93. The molecule has 0 aromatic heterocycles. The molecule has 2 N–H and O–H groups in total. The minimum absolute atomic E-state index is 0.148. The Labute approximate surface area is 122 Å². The molecule has 2 atom stereocenters. The molecule has 1 aromatic rings. The van der Waals surface area contributed by atoms with E-state index < -0.39 is 0 Å². The Bertz CT molecular complexity index is 458. The Morgan fingerprint density at radius 1 is 1.40 bits per heavy atom. The van der Waals surface area contributed by atoms with E-state index in [9.17, 15) is 4.79 Å². The van der Waals surface area contributed by atoms with Crippen molar-refractivity contribution in [3.05, 3.63) is 35.4 Å². The van der Waals surface area contributed by atoms with Gasteiger partial charge in [0.05, 0.1) is 0 Å². The third-order valence-corrected chi connectivity index (χ3v) is 4.32. The number of fused-ring (bicyclic) bond motifs is 1. The molecular weight excluding hydrogens is 248 g/mol. The molecule has 3 nitrogen and oxygen atoms in total. The molecule has 0 radical (unpaired) electrons. The van der Waals surface area contributed by atoms with Gasteiger partial charge in [-0.25, -0.2) is 0 Å². The van der Waals surface area contributed by atoms with Crippen molar-refractivity contribution in [1.82, 2.24) is 4.90 Å². The van der Waals surface area contributed by atoms with Gasteiger partial charge in [-0.3, -0.25) is 4.79 Å². The van der Waals surface area contributed by atoms with Gasteiger partial charge in [-0.1, -0.05) is 31.2 Å². The summed E-state index contributed by atoms with van der Waals surface area (Å²) in [5.74, 6) is 0.826. The zero-order valence-electron chi connectivity index (χ0n) is 12.6. The number of nitrogens with zero attached hydrogens (tertiary/aromatic N) is 1. The predicted molar refractivity (Wildman–Crippen MR) is 82.4 cm³/mol. The Kier molecular flexibility index (Phi) is 5.18. The van der Waals surface area contributed by atoms with Crippen molar-refractivity contribution in [2.45, 2.75) is 33.1 Å². The van der Waals surface area contributed by atoms with E-state index in [1.807, 2.05) is 4.90 Å². The topological polar surface area (TPSA) is 46.3 Å². The van der Waals surface area contributed by atoms with Crippen molar-refractivity contribution < 1.29 is 4.79 Å². The van der Waals surface area contributed by atoms with Crippen LogP contribution >= 0.6 is 0 Å². The number of nitrogens with two attached hydrogens (primary N) is 1. The molecule has 1 aliphatic carbocycles. The minimum Gasteiger partial charge on any atom is -0.342 e. The Balaban J connectivity index is 2.03. The van der Waals surface area contributed by atoms with Crippen LogP contribution in [0.2, 0.25) is 0 Å². The number of hydrogen-bond acceptors (Lipinski definition) is 2. The van der Waals surface area contributed by atoms with Gasteiger partial charge in [-0.2, -0.15) is 0 Å². The zero-order valence-corrected chi connectivity index (χ0v) is 12.6. The molecule has 0 bridgehead atoms. The molecule has 110 valence electrons. The molecule has 3 heteroatoms. The number of hydrogen-bond donors (Lipinski definition) is 1. The summed E-state index contributed by atoms with van der Waals surface area (Å²) in [6.07, 6.45) is 2.89. The molecule has 0 spiro atoms. The lowest BCUT2D eigenvalue weighted by Gasteiger charge is -2.31. The van der Waals surface area contributed by atoms with Crippen LogP contribution in [-0.2, 0) is 17.6 Å². The Hall–Kier alpha value is -1.35. The molecule has 0 saturated carbocycles. The summed E-state index contributed by atoms with van der Waals surface area (Å²) in [5.41, 5.74) is 8.44. The lowest BCUT2D eigenvalue weighted by atomic mass is 9.83. The summed E-state index contributed by atoms with van der Waals surface area (Å²) < 4.78 is 0. The smallest absolute Gasteiger partial charge is 0.226 e. The maximum atomic E-state index is 12.7. The van der Waals surface area contributed by atoms with Gasteiger partial charge in [0.25, 0.3) is 0 Å². The van der Waals surface area contributed by atoms with Crippen LogP contribution in [0.4, 0.5) is 0 Å². The highest BCUT2D eigenvalue weighted by molar-refractivity contribution is 5.79. The van der Waals surface area contributed by atoms with E-state index in [2.05, 4.69) is 38.1 Å². The number of amides is 1. The van der Waals surface area contributed by atoms with E-state index in [1.54, 1.807) is 0 Å². The van der Waals surface area contributed by atoms with E-state index in [1.165, 1.54) is 11.1 Å². The third-order valence-electron chi connectivity index (χ3n) is 4.32. The predicted octanol–water partition coefficient (Wildman–Crippen LogP) is 2.23. The van der Waals surface area contributed by atoms with Gasteiger partial charge >= 0.3 is 0 Å². The van der Waals surface area contributed by atoms with E-state index >= 15 is 0 Å². The molecular formula is C17H26N2O. The number of rotatable bonds is 5. The Morgan fingerprint density at radius 3 is 2.75 bits per heavy atom. The molecule has 0 saturated heterocycles. The second kappa shape index (κ2) is 6.89. The zero-order chi connectivity index (χ0) is 14.5. The summed E-state index contributed by atoms with van der Waals surface area (Å²) >= 11 is 0. The monoisotopic (exact) mass is 274 g/mol. The highest BCUT2D eigenvalue weighted by Gasteiger charge is 2.28. The van der Waals surface area contributed by atoms with Gasteiger partial charge in [-0.15, -0.1) is 0 Å². The highest BCUT2D eigenvalue weighted by atomic mass is 16.2. The van der Waals surface area contributed by atoms with Crippen LogP contribution in [-0.4, -0.2) is 30.4 Å². The van der Waals surface area contributed by atoms with Gasteiger partial charge in [0.15, 0.2) is 0 Å². The first-order chi connectivity index (χ1) is 9.65. The summed E-state index contributed by atoms with van der Waals surface area (Å²) in [6, 6.07) is 8.50. The molecule has 1 amide bonds. The molecule has 0 heterocycles. The summed E-state index contributed by atoms with van der Waals surface area (Å²) in [5, 5.41) is 0. The highest BCUT2D eigenvalue weighted by Crippen LogP contribution is 2.26. The third kappa shape index (κ3) is 3.40. The molecule has 2 rings (SSSR count). The molecule has 20 heavy (non-hydrogen) atoms. The van der Waals surface area contributed by atoms with E-state index in [-0.39, 0.29) is 5.92 Å². The number of benzene rings is 1. The van der Waals surface area contributed by atoms with Gasteiger partial charge in [0.2, 0.25) is 5.91 Å². The second-order valence-corrected chi connectivity index (χ2v) is 5.93. The van der Waals surface area contributed by atoms with Crippen molar-refractivity contribution in [2.75, 3.05) is 19.6 Å². The molecule has 1 aliphatic rings. The van der Waals surface area contributed by atoms with E-state index in [4.69, 9.17) is 5.73 Å². The van der Waals surface area contributed by atoms with Crippen molar-refractivity contribution in [3.8, 4) is 0 Å². The average Bonchev–Trinajstić information content (AvgIpc) is 2.51. The SMILES string of the molecule is CCN(CC(C)CN)C(=O)C1CCc2ccccc2C1. The fourth-order valence-corrected chi connectivity index (χ4v) is 2.99. The minimum atomic E-state index is 0.148. The van der Waals surface area contributed by atoms with Crippen molar-refractivity contribution in [1.29, 1.82) is 0 Å². The summed E-state index contributed by atoms with van der Waals surface area (Å²) in [7, 11) is 0. The summed E-state index contributed by atoms with van der Waals surface area (Å²) in [4.78, 5) is 14.7.